The number of rotatable bonds is 8. The molecule has 0 atom stereocenters. The van der Waals surface area contributed by atoms with Crippen LogP contribution in [-0.4, -0.2) is 72.3 Å². The molecule has 35 heavy (non-hydrogen) atoms. The van der Waals surface area contributed by atoms with Crippen molar-refractivity contribution in [3.05, 3.63) is 77.4 Å². The zero-order valence-electron chi connectivity index (χ0n) is 20.9. The van der Waals surface area contributed by atoms with Gasteiger partial charge in [-0.3, -0.25) is 14.5 Å². The Kier molecular flexibility index (Phi) is 9.09. The van der Waals surface area contributed by atoms with Gasteiger partial charge in [0.2, 0.25) is 11.8 Å². The third kappa shape index (κ3) is 7.26. The molecule has 2 aromatic carbocycles. The van der Waals surface area contributed by atoms with Crippen LogP contribution in [0, 0.1) is 5.92 Å². The summed E-state index contributed by atoms with van der Waals surface area (Å²) in [6.45, 7) is 10.5. The summed E-state index contributed by atoms with van der Waals surface area (Å²) in [6.07, 6.45) is 4.90. The number of piperidine rings is 1. The molecule has 2 aromatic rings. The number of hydrogen-bond acceptors (Lipinski definition) is 4. The van der Waals surface area contributed by atoms with Crippen LogP contribution in [0.25, 0.3) is 6.08 Å². The average Bonchev–Trinajstić information content (AvgIpc) is 2.92. The number of hydrogen-bond donors (Lipinski definition) is 1. The van der Waals surface area contributed by atoms with E-state index in [1.54, 1.807) is 6.08 Å². The molecule has 6 nitrogen and oxygen atoms in total. The first-order valence-corrected chi connectivity index (χ1v) is 12.9. The minimum absolute atomic E-state index is 0.0152. The Balaban J connectivity index is 1.23. The van der Waals surface area contributed by atoms with Crippen LogP contribution in [0.1, 0.15) is 36.5 Å². The van der Waals surface area contributed by atoms with E-state index in [9.17, 15) is 9.59 Å². The van der Waals surface area contributed by atoms with Crippen molar-refractivity contribution in [3.63, 3.8) is 0 Å². The van der Waals surface area contributed by atoms with Gasteiger partial charge in [-0.2, -0.15) is 0 Å². The normalized spacial score (nSPS) is 18.1. The number of carbonyl (C=O) groups excluding carboxylic acids is 2. The Morgan fingerprint density at radius 3 is 2.17 bits per heavy atom. The molecule has 2 saturated heterocycles. The lowest BCUT2D eigenvalue weighted by molar-refractivity contribution is -0.132. The summed E-state index contributed by atoms with van der Waals surface area (Å²) in [4.78, 5) is 32.2. The molecule has 0 spiro atoms. The molecule has 0 aliphatic carbocycles. The van der Waals surface area contributed by atoms with Crippen molar-refractivity contribution in [3.8, 4) is 0 Å². The lowest BCUT2D eigenvalue weighted by atomic mass is 9.95. The van der Waals surface area contributed by atoms with Crippen molar-refractivity contribution >= 4 is 17.9 Å². The van der Waals surface area contributed by atoms with Crippen LogP contribution >= 0.6 is 0 Å². The molecule has 6 heteroatoms. The molecule has 0 aromatic heterocycles. The first-order valence-electron chi connectivity index (χ1n) is 12.9. The van der Waals surface area contributed by atoms with Gasteiger partial charge in [0, 0.05) is 64.4 Å². The van der Waals surface area contributed by atoms with Gasteiger partial charge in [0.15, 0.2) is 0 Å². The van der Waals surface area contributed by atoms with Crippen LogP contribution in [0.15, 0.2) is 60.7 Å². The summed E-state index contributed by atoms with van der Waals surface area (Å²) in [5, 5.41) is 3.17. The summed E-state index contributed by atoms with van der Waals surface area (Å²) in [5.74, 6) is 0.0798. The summed E-state index contributed by atoms with van der Waals surface area (Å²) < 4.78 is 0. The highest BCUT2D eigenvalue weighted by molar-refractivity contribution is 5.92. The van der Waals surface area contributed by atoms with E-state index in [0.29, 0.717) is 32.5 Å². The van der Waals surface area contributed by atoms with Crippen molar-refractivity contribution in [2.75, 3.05) is 45.8 Å². The standard InChI is InChI=1S/C29H38N4O2/c1-2-31-18-20-32(21-19-31)23-27-11-7-6-10-26(27)22-30-29(35)25-14-16-33(17-15-25)28(34)13-12-24-8-4-3-5-9-24/h3-13,25H,2,14-23H2,1H3,(H,30,35). The van der Waals surface area contributed by atoms with E-state index in [2.05, 4.69) is 40.2 Å². The monoisotopic (exact) mass is 474 g/mol. The second kappa shape index (κ2) is 12.7. The fourth-order valence-electron chi connectivity index (χ4n) is 4.91. The second-order valence-corrected chi connectivity index (χ2v) is 9.54. The van der Waals surface area contributed by atoms with Crippen molar-refractivity contribution < 1.29 is 9.59 Å². The Morgan fingerprint density at radius 1 is 0.857 bits per heavy atom. The number of likely N-dealkylation sites (N-methyl/N-ethyl adjacent to an activating group) is 1. The molecule has 186 valence electrons. The number of likely N-dealkylation sites (tertiary alicyclic amines) is 1. The van der Waals surface area contributed by atoms with Gasteiger partial charge in [-0.1, -0.05) is 61.5 Å². The topological polar surface area (TPSA) is 55.9 Å². The number of benzene rings is 2. The number of nitrogens with zero attached hydrogens (tertiary/aromatic N) is 3. The van der Waals surface area contributed by atoms with E-state index < -0.39 is 0 Å². The largest absolute Gasteiger partial charge is 0.352 e. The first kappa shape index (κ1) is 25.1. The molecule has 0 saturated carbocycles. The van der Waals surface area contributed by atoms with Gasteiger partial charge < -0.3 is 15.1 Å². The highest BCUT2D eigenvalue weighted by atomic mass is 16.2. The highest BCUT2D eigenvalue weighted by Crippen LogP contribution is 2.19. The van der Waals surface area contributed by atoms with Crippen LogP contribution in [0.3, 0.4) is 0 Å². The highest BCUT2D eigenvalue weighted by Gasteiger charge is 2.26. The molecule has 0 bridgehead atoms. The summed E-state index contributed by atoms with van der Waals surface area (Å²) in [7, 11) is 0. The third-order valence-electron chi connectivity index (χ3n) is 7.27. The third-order valence-corrected chi connectivity index (χ3v) is 7.27. The van der Waals surface area contributed by atoms with E-state index in [1.165, 1.54) is 11.1 Å². The van der Waals surface area contributed by atoms with Gasteiger partial charge in [-0.15, -0.1) is 0 Å². The van der Waals surface area contributed by atoms with Crippen LogP contribution in [0.5, 0.6) is 0 Å². The summed E-state index contributed by atoms with van der Waals surface area (Å²) in [6, 6.07) is 18.3. The van der Waals surface area contributed by atoms with Gasteiger partial charge in [-0.05, 0) is 42.2 Å². The predicted octanol–water partition coefficient (Wildman–Crippen LogP) is 3.39. The lowest BCUT2D eigenvalue weighted by Crippen LogP contribution is -2.45. The molecule has 0 unspecified atom stereocenters. The van der Waals surface area contributed by atoms with E-state index in [4.69, 9.17) is 0 Å². The number of piperazine rings is 1. The second-order valence-electron chi connectivity index (χ2n) is 9.54. The Hall–Kier alpha value is -2.96. The van der Waals surface area contributed by atoms with Gasteiger partial charge in [0.05, 0.1) is 0 Å². The average molecular weight is 475 g/mol. The molecular weight excluding hydrogens is 436 g/mol. The SMILES string of the molecule is CCN1CCN(Cc2ccccc2CNC(=O)C2CCN(C(=O)C=Cc3ccccc3)CC2)CC1. The van der Waals surface area contributed by atoms with Gasteiger partial charge in [0.1, 0.15) is 0 Å². The fraction of sp³-hybridized carbons (Fsp3) is 0.448. The molecule has 4 rings (SSSR count). The minimum Gasteiger partial charge on any atom is -0.352 e. The zero-order chi connectivity index (χ0) is 24.5. The summed E-state index contributed by atoms with van der Waals surface area (Å²) >= 11 is 0. The Labute approximate surface area is 209 Å². The first-order chi connectivity index (χ1) is 17.1. The van der Waals surface area contributed by atoms with Crippen molar-refractivity contribution in [2.45, 2.75) is 32.9 Å². The fourth-order valence-corrected chi connectivity index (χ4v) is 4.91. The molecule has 2 aliphatic rings. The summed E-state index contributed by atoms with van der Waals surface area (Å²) in [5.41, 5.74) is 3.50. The molecule has 2 aliphatic heterocycles. The molecule has 2 fully saturated rings. The predicted molar refractivity (Wildman–Crippen MR) is 140 cm³/mol. The van der Waals surface area contributed by atoms with Crippen molar-refractivity contribution in [2.24, 2.45) is 5.92 Å². The minimum atomic E-state index is -0.0357. The van der Waals surface area contributed by atoms with E-state index >= 15 is 0 Å². The quantitative estimate of drug-likeness (QED) is 0.596. The van der Waals surface area contributed by atoms with E-state index in [0.717, 1.165) is 44.8 Å². The van der Waals surface area contributed by atoms with Crippen LogP contribution in [0.2, 0.25) is 0 Å². The zero-order valence-corrected chi connectivity index (χ0v) is 20.9. The van der Waals surface area contributed by atoms with Gasteiger partial charge >= 0.3 is 0 Å². The molecule has 1 N–H and O–H groups in total. The van der Waals surface area contributed by atoms with Crippen molar-refractivity contribution in [1.29, 1.82) is 0 Å². The maximum Gasteiger partial charge on any atom is 0.246 e. The van der Waals surface area contributed by atoms with E-state index in [1.807, 2.05) is 47.4 Å². The molecular formula is C29H38N4O2. The Morgan fingerprint density at radius 2 is 1.49 bits per heavy atom. The van der Waals surface area contributed by atoms with Crippen LogP contribution < -0.4 is 5.32 Å². The number of carbonyl (C=O) groups is 2. The van der Waals surface area contributed by atoms with Crippen LogP contribution in [0.4, 0.5) is 0 Å². The molecule has 2 heterocycles. The number of amides is 2. The lowest BCUT2D eigenvalue weighted by Gasteiger charge is -2.34. The maximum absolute atomic E-state index is 12.9. The molecule has 2 amide bonds. The van der Waals surface area contributed by atoms with Gasteiger partial charge in [-0.25, -0.2) is 0 Å². The Bertz CT molecular complexity index is 991. The molecule has 0 radical (unpaired) electrons. The number of nitrogens with one attached hydrogen (secondary N) is 1. The van der Waals surface area contributed by atoms with Crippen molar-refractivity contribution in [1.82, 2.24) is 20.0 Å². The van der Waals surface area contributed by atoms with Crippen LogP contribution in [-0.2, 0) is 22.7 Å². The van der Waals surface area contributed by atoms with Gasteiger partial charge in [0.25, 0.3) is 0 Å². The maximum atomic E-state index is 12.9. The smallest absolute Gasteiger partial charge is 0.246 e. The van der Waals surface area contributed by atoms with E-state index in [-0.39, 0.29) is 17.7 Å².